The topological polar surface area (TPSA) is 73.2 Å². The highest BCUT2D eigenvalue weighted by atomic mass is 35.5. The maximum atomic E-state index is 15.0. The molecule has 7 nitrogen and oxygen atoms in total. The molecule has 9 heteroatoms. The standard InChI is InChI=1S/C31H40ClFN6O/c1-7-8-16-38(22(4)19-34-5)30(35-6)25-18-26(32)28(24-13-9-10-14-27(24)33)37-31(25)39(20-40)29-23(17-21(2)3)12-11-15-36-29/h7,9-15,18,20-23,29,34H,1,8,16-17,19H2,2-6H3/b35-30+. The summed E-state index contributed by atoms with van der Waals surface area (Å²) < 4.78 is 15.0. The van der Waals surface area contributed by atoms with Gasteiger partial charge in [-0.2, -0.15) is 0 Å². The number of benzene rings is 1. The molecule has 0 aliphatic carbocycles. The molecule has 1 aliphatic heterocycles. The van der Waals surface area contributed by atoms with Gasteiger partial charge in [-0.1, -0.05) is 49.7 Å². The number of pyridine rings is 1. The molecular formula is C31H40ClFN6O. The highest BCUT2D eigenvalue weighted by Gasteiger charge is 2.33. The van der Waals surface area contributed by atoms with Crippen LogP contribution >= 0.6 is 11.6 Å². The van der Waals surface area contributed by atoms with Crippen LogP contribution < -0.4 is 10.2 Å². The summed E-state index contributed by atoms with van der Waals surface area (Å²) in [6.45, 7) is 11.6. The largest absolute Gasteiger partial charge is 0.352 e. The Morgan fingerprint density at radius 1 is 1.30 bits per heavy atom. The Hall–Kier alpha value is -3.36. The van der Waals surface area contributed by atoms with Crippen LogP contribution in [0.1, 0.15) is 39.2 Å². The van der Waals surface area contributed by atoms with Gasteiger partial charge >= 0.3 is 0 Å². The van der Waals surface area contributed by atoms with Crippen LogP contribution in [-0.2, 0) is 4.79 Å². The number of rotatable bonds is 13. The van der Waals surface area contributed by atoms with Crippen LogP contribution in [0.15, 0.2) is 65.1 Å². The number of hydrogen-bond donors (Lipinski definition) is 1. The van der Waals surface area contributed by atoms with Crippen LogP contribution in [0.2, 0.25) is 5.02 Å². The molecule has 214 valence electrons. The lowest BCUT2D eigenvalue weighted by Gasteiger charge is -2.36. The molecule has 3 unspecified atom stereocenters. The Morgan fingerprint density at radius 3 is 2.67 bits per heavy atom. The fourth-order valence-corrected chi connectivity index (χ4v) is 5.31. The minimum atomic E-state index is -0.528. The predicted molar refractivity (Wildman–Crippen MR) is 165 cm³/mol. The number of aromatic nitrogens is 1. The van der Waals surface area contributed by atoms with E-state index in [4.69, 9.17) is 21.6 Å². The molecular weight excluding hydrogens is 527 g/mol. The number of nitrogens with zero attached hydrogens (tertiary/aromatic N) is 5. The number of amidine groups is 1. The Bertz CT molecular complexity index is 1260. The van der Waals surface area contributed by atoms with E-state index in [-0.39, 0.29) is 28.2 Å². The smallest absolute Gasteiger partial charge is 0.217 e. The molecule has 0 saturated carbocycles. The molecule has 0 fully saturated rings. The first-order valence-corrected chi connectivity index (χ1v) is 14.0. The van der Waals surface area contributed by atoms with Crippen molar-refractivity contribution in [2.75, 3.05) is 32.1 Å². The molecule has 1 aromatic carbocycles. The number of likely N-dealkylation sites (N-methyl/N-ethyl adjacent to an activating group) is 1. The number of halogens is 2. The molecule has 0 bridgehead atoms. The van der Waals surface area contributed by atoms with Gasteiger partial charge in [-0.05, 0) is 57.0 Å². The average molecular weight is 567 g/mol. The van der Waals surface area contributed by atoms with E-state index in [9.17, 15) is 9.18 Å². The van der Waals surface area contributed by atoms with E-state index < -0.39 is 12.0 Å². The van der Waals surface area contributed by atoms with Crippen molar-refractivity contribution in [3.05, 3.63) is 71.5 Å². The van der Waals surface area contributed by atoms with Gasteiger partial charge in [-0.25, -0.2) is 9.37 Å². The highest BCUT2D eigenvalue weighted by molar-refractivity contribution is 6.33. The predicted octanol–water partition coefficient (Wildman–Crippen LogP) is 6.00. The van der Waals surface area contributed by atoms with Crippen LogP contribution in [0.5, 0.6) is 0 Å². The number of allylic oxidation sites excluding steroid dienone is 1. The first kappa shape index (κ1) is 31.2. The van der Waals surface area contributed by atoms with E-state index >= 15 is 0 Å². The average Bonchev–Trinajstić information content (AvgIpc) is 2.93. The lowest BCUT2D eigenvalue weighted by atomic mass is 9.92. The molecule has 2 aromatic rings. The SMILES string of the molecule is C=CCCN(/C(=N/C)c1cc(Cl)c(-c2ccccc2F)nc1N(C=O)C1N=CC=CC1CC(C)C)C(C)CNC. The number of nitrogens with one attached hydrogen (secondary N) is 1. The molecule has 1 aromatic heterocycles. The highest BCUT2D eigenvalue weighted by Crippen LogP contribution is 2.36. The summed E-state index contributed by atoms with van der Waals surface area (Å²) in [7, 11) is 3.61. The zero-order valence-electron chi connectivity index (χ0n) is 24.0. The molecule has 0 spiro atoms. The van der Waals surface area contributed by atoms with Gasteiger partial charge < -0.3 is 10.2 Å². The maximum Gasteiger partial charge on any atom is 0.217 e. The van der Waals surface area contributed by atoms with Crippen LogP contribution in [-0.4, -0.2) is 67.7 Å². The van der Waals surface area contributed by atoms with Gasteiger partial charge in [0.15, 0.2) is 0 Å². The zero-order chi connectivity index (χ0) is 29.2. The van der Waals surface area contributed by atoms with Gasteiger partial charge in [-0.3, -0.25) is 19.7 Å². The monoisotopic (exact) mass is 566 g/mol. The lowest BCUT2D eigenvalue weighted by Crippen LogP contribution is -2.46. The zero-order valence-corrected chi connectivity index (χ0v) is 24.8. The van der Waals surface area contributed by atoms with Crippen molar-refractivity contribution in [2.24, 2.45) is 21.8 Å². The fourth-order valence-electron chi connectivity index (χ4n) is 5.06. The summed E-state index contributed by atoms with van der Waals surface area (Å²) in [6, 6.07) is 8.12. The van der Waals surface area contributed by atoms with E-state index in [1.54, 1.807) is 37.5 Å². The molecule has 3 atom stereocenters. The molecule has 1 N–H and O–H groups in total. The van der Waals surface area contributed by atoms with Crippen molar-refractivity contribution in [2.45, 2.75) is 45.8 Å². The second-order valence-electron chi connectivity index (χ2n) is 10.3. The van der Waals surface area contributed by atoms with E-state index in [0.717, 1.165) is 19.3 Å². The van der Waals surface area contributed by atoms with Gasteiger partial charge in [0.25, 0.3) is 0 Å². The second-order valence-corrected chi connectivity index (χ2v) is 10.7. The molecule has 40 heavy (non-hydrogen) atoms. The number of hydrogen-bond acceptors (Lipinski definition) is 5. The Morgan fingerprint density at radius 2 is 2.05 bits per heavy atom. The molecule has 2 heterocycles. The third kappa shape index (κ3) is 7.23. The van der Waals surface area contributed by atoms with Gasteiger partial charge in [0.1, 0.15) is 23.6 Å². The second kappa shape index (κ2) is 14.9. The summed E-state index contributed by atoms with van der Waals surface area (Å²) in [5, 5.41) is 3.48. The summed E-state index contributed by atoms with van der Waals surface area (Å²) in [5.74, 6) is 0.847. The minimum absolute atomic E-state index is 0.0282. The van der Waals surface area contributed by atoms with Crippen LogP contribution in [0.4, 0.5) is 10.2 Å². The number of dihydropyridines is 1. The molecule has 0 saturated heterocycles. The third-order valence-electron chi connectivity index (χ3n) is 6.87. The Balaban J connectivity index is 2.28. The van der Waals surface area contributed by atoms with Crippen molar-refractivity contribution < 1.29 is 9.18 Å². The quantitative estimate of drug-likeness (QED) is 0.140. The number of anilines is 1. The number of carbonyl (C=O) groups is 1. The van der Waals surface area contributed by atoms with Crippen molar-refractivity contribution in [1.29, 1.82) is 0 Å². The van der Waals surface area contributed by atoms with Gasteiger partial charge in [-0.15, -0.1) is 6.58 Å². The normalized spacial score (nSPS) is 17.6. The van der Waals surface area contributed by atoms with E-state index in [1.165, 1.54) is 11.0 Å². The van der Waals surface area contributed by atoms with E-state index in [0.29, 0.717) is 36.2 Å². The van der Waals surface area contributed by atoms with Gasteiger partial charge in [0.05, 0.1) is 16.3 Å². The van der Waals surface area contributed by atoms with Gasteiger partial charge in [0.2, 0.25) is 6.41 Å². The van der Waals surface area contributed by atoms with Crippen LogP contribution in [0.3, 0.4) is 0 Å². The number of amides is 1. The lowest BCUT2D eigenvalue weighted by molar-refractivity contribution is -0.108. The van der Waals surface area contributed by atoms with Crippen molar-refractivity contribution >= 4 is 35.9 Å². The Labute approximate surface area is 242 Å². The first-order valence-electron chi connectivity index (χ1n) is 13.7. The summed E-state index contributed by atoms with van der Waals surface area (Å²) in [6.07, 6.45) is 9.30. The third-order valence-corrected chi connectivity index (χ3v) is 7.16. The van der Waals surface area contributed by atoms with Crippen molar-refractivity contribution in [3.63, 3.8) is 0 Å². The first-order chi connectivity index (χ1) is 19.3. The summed E-state index contributed by atoms with van der Waals surface area (Å²) in [5.41, 5.74) is 1.07. The summed E-state index contributed by atoms with van der Waals surface area (Å²) in [4.78, 5) is 30.8. The number of carbonyl (C=O) groups excluding carboxylic acids is 1. The van der Waals surface area contributed by atoms with Crippen molar-refractivity contribution in [1.82, 2.24) is 15.2 Å². The number of aliphatic imine (C=N–C) groups is 2. The van der Waals surface area contributed by atoms with E-state index in [2.05, 4.69) is 48.6 Å². The minimum Gasteiger partial charge on any atom is -0.352 e. The van der Waals surface area contributed by atoms with Crippen molar-refractivity contribution in [3.8, 4) is 11.3 Å². The molecule has 1 amide bonds. The fraction of sp³-hybridized carbons (Fsp3) is 0.419. The van der Waals surface area contributed by atoms with Crippen LogP contribution in [0.25, 0.3) is 11.3 Å². The molecule has 0 radical (unpaired) electrons. The van der Waals surface area contributed by atoms with Gasteiger partial charge in [0, 0.05) is 43.9 Å². The Kier molecular flexibility index (Phi) is 11.6. The molecule has 1 aliphatic rings. The van der Waals surface area contributed by atoms with E-state index in [1.807, 2.05) is 19.2 Å². The van der Waals surface area contributed by atoms with Crippen LogP contribution in [0, 0.1) is 17.7 Å². The summed E-state index contributed by atoms with van der Waals surface area (Å²) >= 11 is 6.81. The maximum absolute atomic E-state index is 15.0. The molecule has 3 rings (SSSR count).